The third-order valence-electron chi connectivity index (χ3n) is 5.62. The van der Waals surface area contributed by atoms with Crippen molar-refractivity contribution in [2.75, 3.05) is 20.2 Å². The van der Waals surface area contributed by atoms with Crippen LogP contribution in [-0.2, 0) is 6.61 Å². The predicted molar refractivity (Wildman–Crippen MR) is 132 cm³/mol. The Morgan fingerprint density at radius 1 is 0.970 bits per heavy atom. The summed E-state index contributed by atoms with van der Waals surface area (Å²) >= 11 is 5.91. The highest BCUT2D eigenvalue weighted by molar-refractivity contribution is 6.30. The van der Waals surface area contributed by atoms with Gasteiger partial charge in [0.25, 0.3) is 5.91 Å². The molecule has 0 aromatic heterocycles. The molecule has 1 heterocycles. The molecule has 3 aromatic rings. The highest BCUT2D eigenvalue weighted by atomic mass is 35.5. The van der Waals surface area contributed by atoms with Gasteiger partial charge in [0, 0.05) is 29.9 Å². The summed E-state index contributed by atoms with van der Waals surface area (Å²) in [6.07, 6.45) is 5.16. The van der Waals surface area contributed by atoms with Crippen LogP contribution in [0.5, 0.6) is 11.5 Å². The van der Waals surface area contributed by atoms with Crippen molar-refractivity contribution in [2.24, 2.45) is 4.99 Å². The maximum Gasteiger partial charge on any atom is 0.253 e. The van der Waals surface area contributed by atoms with Gasteiger partial charge >= 0.3 is 0 Å². The first-order chi connectivity index (χ1) is 16.1. The number of hydrogen-bond donors (Lipinski definition) is 0. The number of amides is 1. The molecule has 6 heteroatoms. The normalized spacial score (nSPS) is 13.8. The fourth-order valence-corrected chi connectivity index (χ4v) is 3.87. The van der Waals surface area contributed by atoms with E-state index in [0.29, 0.717) is 23.1 Å². The van der Waals surface area contributed by atoms with Crippen LogP contribution >= 0.6 is 11.6 Å². The van der Waals surface area contributed by atoms with Crippen molar-refractivity contribution in [1.82, 2.24) is 4.90 Å². The van der Waals surface area contributed by atoms with E-state index < -0.39 is 0 Å². The second-order valence-electron chi connectivity index (χ2n) is 7.98. The van der Waals surface area contributed by atoms with Gasteiger partial charge < -0.3 is 14.4 Å². The Morgan fingerprint density at radius 3 is 2.39 bits per heavy atom. The molecule has 0 N–H and O–H groups in total. The Balaban J connectivity index is 1.37. The molecule has 1 aliphatic rings. The lowest BCUT2D eigenvalue weighted by Crippen LogP contribution is -2.35. The Kier molecular flexibility index (Phi) is 7.63. The van der Waals surface area contributed by atoms with Crippen LogP contribution in [0.2, 0.25) is 5.02 Å². The molecular formula is C27H27ClN2O3. The van der Waals surface area contributed by atoms with Crippen LogP contribution < -0.4 is 9.47 Å². The smallest absolute Gasteiger partial charge is 0.253 e. The molecule has 0 spiro atoms. The number of hydrogen-bond acceptors (Lipinski definition) is 4. The third kappa shape index (κ3) is 6.14. The van der Waals surface area contributed by atoms with Crippen molar-refractivity contribution in [2.45, 2.75) is 25.9 Å². The van der Waals surface area contributed by atoms with E-state index in [1.54, 1.807) is 13.3 Å². The fraction of sp³-hybridized carbons (Fsp3) is 0.259. The molecule has 1 aliphatic heterocycles. The zero-order valence-electron chi connectivity index (χ0n) is 18.7. The van der Waals surface area contributed by atoms with Crippen LogP contribution in [0.15, 0.2) is 71.7 Å². The number of carbonyl (C=O) groups excluding carboxylic acids is 1. The number of aliphatic imine (C=N–C) groups is 1. The number of nitrogens with zero attached hydrogens (tertiary/aromatic N) is 2. The fourth-order valence-electron chi connectivity index (χ4n) is 3.74. The summed E-state index contributed by atoms with van der Waals surface area (Å²) in [4.78, 5) is 19.0. The standard InChI is InChI=1S/C27H27ClN2O3/c1-32-26-17-21(18-29-24-12-10-23(28)11-13-24)7-14-25(26)33-19-20-5-8-22(9-6-20)27(31)30-15-3-2-4-16-30/h5-14,17-18H,2-4,15-16,19H2,1H3. The lowest BCUT2D eigenvalue weighted by Gasteiger charge is -2.26. The molecule has 0 radical (unpaired) electrons. The summed E-state index contributed by atoms with van der Waals surface area (Å²) in [5, 5.41) is 0.681. The summed E-state index contributed by atoms with van der Waals surface area (Å²) in [5.41, 5.74) is 3.43. The Morgan fingerprint density at radius 2 is 1.70 bits per heavy atom. The van der Waals surface area contributed by atoms with Crippen molar-refractivity contribution in [1.29, 1.82) is 0 Å². The molecule has 170 valence electrons. The minimum atomic E-state index is 0.111. The van der Waals surface area contributed by atoms with Crippen LogP contribution in [0.1, 0.15) is 40.7 Å². The van der Waals surface area contributed by atoms with Crippen LogP contribution in [0.3, 0.4) is 0 Å². The second-order valence-corrected chi connectivity index (χ2v) is 8.42. The summed E-state index contributed by atoms with van der Waals surface area (Å²) in [6.45, 7) is 2.08. The lowest BCUT2D eigenvalue weighted by atomic mass is 10.1. The van der Waals surface area contributed by atoms with E-state index in [4.69, 9.17) is 21.1 Å². The highest BCUT2D eigenvalue weighted by Gasteiger charge is 2.18. The number of halogens is 1. The van der Waals surface area contributed by atoms with E-state index in [9.17, 15) is 4.79 Å². The Hall–Kier alpha value is -3.31. The van der Waals surface area contributed by atoms with Gasteiger partial charge in [-0.3, -0.25) is 9.79 Å². The van der Waals surface area contributed by atoms with Crippen molar-refractivity contribution in [3.8, 4) is 11.5 Å². The number of ether oxygens (including phenoxy) is 2. The highest BCUT2D eigenvalue weighted by Crippen LogP contribution is 2.29. The number of carbonyl (C=O) groups is 1. The maximum absolute atomic E-state index is 12.6. The number of rotatable bonds is 7. The van der Waals surface area contributed by atoms with Crippen molar-refractivity contribution >= 4 is 29.4 Å². The van der Waals surface area contributed by atoms with Crippen LogP contribution in [0.25, 0.3) is 0 Å². The van der Waals surface area contributed by atoms with Gasteiger partial charge in [0.1, 0.15) is 6.61 Å². The van der Waals surface area contributed by atoms with Gasteiger partial charge in [0.05, 0.1) is 12.8 Å². The van der Waals surface area contributed by atoms with Gasteiger partial charge in [-0.05, 0) is 85.0 Å². The largest absolute Gasteiger partial charge is 0.493 e. The molecule has 1 saturated heterocycles. The molecule has 0 atom stereocenters. The van der Waals surface area contributed by atoms with Crippen LogP contribution in [0.4, 0.5) is 5.69 Å². The lowest BCUT2D eigenvalue weighted by molar-refractivity contribution is 0.0724. The maximum atomic E-state index is 12.6. The summed E-state index contributed by atoms with van der Waals surface area (Å²) in [5.74, 6) is 1.39. The van der Waals surface area contributed by atoms with Gasteiger partial charge in [0.15, 0.2) is 11.5 Å². The number of methoxy groups -OCH3 is 1. The zero-order valence-corrected chi connectivity index (χ0v) is 19.4. The zero-order chi connectivity index (χ0) is 23.0. The molecule has 0 aliphatic carbocycles. The molecule has 0 saturated carbocycles. The average Bonchev–Trinajstić information content (AvgIpc) is 2.87. The van der Waals surface area contributed by atoms with E-state index in [1.165, 1.54) is 6.42 Å². The topological polar surface area (TPSA) is 51.1 Å². The molecule has 0 unspecified atom stereocenters. The third-order valence-corrected chi connectivity index (χ3v) is 5.87. The van der Waals surface area contributed by atoms with E-state index in [-0.39, 0.29) is 5.91 Å². The van der Waals surface area contributed by atoms with Crippen LogP contribution in [0, 0.1) is 0 Å². The minimum Gasteiger partial charge on any atom is -0.493 e. The van der Waals surface area contributed by atoms with Crippen LogP contribution in [-0.4, -0.2) is 37.2 Å². The first-order valence-electron chi connectivity index (χ1n) is 11.1. The molecule has 3 aromatic carbocycles. The van der Waals surface area contributed by atoms with E-state index in [2.05, 4.69) is 4.99 Å². The number of likely N-dealkylation sites (tertiary alicyclic amines) is 1. The first kappa shape index (κ1) is 22.9. The predicted octanol–water partition coefficient (Wildman–Crippen LogP) is 6.30. The van der Waals surface area contributed by atoms with Gasteiger partial charge in [-0.15, -0.1) is 0 Å². The van der Waals surface area contributed by atoms with Gasteiger partial charge in [-0.1, -0.05) is 23.7 Å². The average molecular weight is 463 g/mol. The quantitative estimate of drug-likeness (QED) is 0.387. The summed E-state index contributed by atoms with van der Waals surface area (Å²) in [6, 6.07) is 20.7. The van der Waals surface area contributed by atoms with E-state index in [0.717, 1.165) is 48.3 Å². The van der Waals surface area contributed by atoms with Crippen molar-refractivity contribution in [3.05, 3.63) is 88.4 Å². The minimum absolute atomic E-state index is 0.111. The second kappa shape index (κ2) is 11.0. The van der Waals surface area contributed by atoms with E-state index in [1.807, 2.05) is 71.6 Å². The van der Waals surface area contributed by atoms with Gasteiger partial charge in [-0.25, -0.2) is 0 Å². The molecule has 1 amide bonds. The van der Waals surface area contributed by atoms with Crippen molar-refractivity contribution < 1.29 is 14.3 Å². The number of piperidine rings is 1. The molecule has 33 heavy (non-hydrogen) atoms. The molecule has 4 rings (SSSR count). The molecule has 1 fully saturated rings. The Bertz CT molecular complexity index is 1110. The van der Waals surface area contributed by atoms with E-state index >= 15 is 0 Å². The molecular weight excluding hydrogens is 436 g/mol. The SMILES string of the molecule is COc1cc(C=Nc2ccc(Cl)cc2)ccc1OCc1ccc(C(=O)N2CCCCC2)cc1. The summed E-state index contributed by atoms with van der Waals surface area (Å²) < 4.78 is 11.5. The summed E-state index contributed by atoms with van der Waals surface area (Å²) in [7, 11) is 1.61. The van der Waals surface area contributed by atoms with Gasteiger partial charge in [0.2, 0.25) is 0 Å². The number of benzene rings is 3. The Labute approximate surface area is 199 Å². The monoisotopic (exact) mass is 462 g/mol. The molecule has 5 nitrogen and oxygen atoms in total. The molecule has 0 bridgehead atoms. The van der Waals surface area contributed by atoms with Gasteiger partial charge in [-0.2, -0.15) is 0 Å². The first-order valence-corrected chi connectivity index (χ1v) is 11.5. The van der Waals surface area contributed by atoms with Crippen molar-refractivity contribution in [3.63, 3.8) is 0 Å².